The van der Waals surface area contributed by atoms with Crippen molar-refractivity contribution in [2.45, 2.75) is 25.3 Å². The molecular weight excluding hydrogens is 410 g/mol. The van der Waals surface area contributed by atoms with Gasteiger partial charge in [-0.3, -0.25) is 14.6 Å². The summed E-state index contributed by atoms with van der Waals surface area (Å²) in [5, 5.41) is 10.8. The van der Waals surface area contributed by atoms with Gasteiger partial charge in [0, 0.05) is 18.4 Å². The summed E-state index contributed by atoms with van der Waals surface area (Å²) in [4.78, 5) is 17.2. The minimum atomic E-state index is -0.283. The van der Waals surface area contributed by atoms with E-state index >= 15 is 0 Å². The molecule has 1 amide bonds. The second-order valence-corrected chi connectivity index (χ2v) is 8.55. The molecule has 4 rings (SSSR count). The lowest BCUT2D eigenvalue weighted by atomic mass is 9.86. The molecule has 2 aliphatic heterocycles. The predicted molar refractivity (Wildman–Crippen MR) is 120 cm³/mol. The Labute approximate surface area is 187 Å². The van der Waals surface area contributed by atoms with Gasteiger partial charge in [-0.15, -0.1) is 0 Å². The van der Waals surface area contributed by atoms with E-state index in [1.165, 1.54) is 5.56 Å². The Morgan fingerprint density at radius 1 is 1.13 bits per heavy atom. The van der Waals surface area contributed by atoms with Crippen LogP contribution >= 0.6 is 11.8 Å². The summed E-state index contributed by atoms with van der Waals surface area (Å²) in [6.07, 6.45) is 0.260. The summed E-state index contributed by atoms with van der Waals surface area (Å²) in [6.45, 7) is 2.64. The number of carbonyl (C=O) groups is 1. The van der Waals surface area contributed by atoms with Crippen LogP contribution in [0, 0.1) is 11.3 Å². The van der Waals surface area contributed by atoms with Crippen LogP contribution in [-0.2, 0) is 4.79 Å². The lowest BCUT2D eigenvalue weighted by Gasteiger charge is -2.43. The van der Waals surface area contributed by atoms with Crippen molar-refractivity contribution in [3.05, 3.63) is 70.3 Å². The third-order valence-corrected chi connectivity index (χ3v) is 7.13. The molecular formula is C24H25N3O3S. The predicted octanol–water partition coefficient (Wildman–Crippen LogP) is 4.48. The SMILES string of the molecule is COc1ccc([C@H]2CC(=O)N3CN([C@H](C)c4ccccc4)CSC3=C2C#N)cc1OC. The van der Waals surface area contributed by atoms with E-state index in [1.54, 1.807) is 30.9 Å². The van der Waals surface area contributed by atoms with Crippen LogP contribution < -0.4 is 9.47 Å². The second kappa shape index (κ2) is 9.04. The zero-order valence-electron chi connectivity index (χ0n) is 17.9. The van der Waals surface area contributed by atoms with E-state index in [0.29, 0.717) is 23.7 Å². The van der Waals surface area contributed by atoms with Gasteiger partial charge in [0.15, 0.2) is 11.5 Å². The molecule has 0 saturated carbocycles. The number of fused-ring (bicyclic) bond motifs is 1. The first kappa shape index (κ1) is 21.3. The maximum atomic E-state index is 13.1. The van der Waals surface area contributed by atoms with Gasteiger partial charge in [-0.1, -0.05) is 48.2 Å². The molecule has 0 aromatic heterocycles. The summed E-state index contributed by atoms with van der Waals surface area (Å²) >= 11 is 1.56. The van der Waals surface area contributed by atoms with Crippen molar-refractivity contribution in [2.24, 2.45) is 0 Å². The molecule has 2 atom stereocenters. The Bertz CT molecular complexity index is 1050. The Morgan fingerprint density at radius 3 is 2.55 bits per heavy atom. The van der Waals surface area contributed by atoms with Gasteiger partial charge >= 0.3 is 0 Å². The molecule has 2 aliphatic rings. The van der Waals surface area contributed by atoms with Crippen LogP contribution in [0.5, 0.6) is 11.5 Å². The molecule has 160 valence electrons. The highest BCUT2D eigenvalue weighted by Crippen LogP contribution is 2.45. The number of methoxy groups -OCH3 is 2. The highest BCUT2D eigenvalue weighted by Gasteiger charge is 2.39. The average molecular weight is 436 g/mol. The topological polar surface area (TPSA) is 65.8 Å². The quantitative estimate of drug-likeness (QED) is 0.690. The Kier molecular flexibility index (Phi) is 6.21. The third kappa shape index (κ3) is 4.01. The van der Waals surface area contributed by atoms with Crippen LogP contribution in [0.25, 0.3) is 0 Å². The first-order valence-corrected chi connectivity index (χ1v) is 11.1. The second-order valence-electron chi connectivity index (χ2n) is 7.61. The molecule has 0 unspecified atom stereocenters. The van der Waals surface area contributed by atoms with Crippen LogP contribution in [0.15, 0.2) is 59.1 Å². The Hall–Kier alpha value is -2.95. The van der Waals surface area contributed by atoms with E-state index in [-0.39, 0.29) is 24.3 Å². The van der Waals surface area contributed by atoms with Crippen molar-refractivity contribution in [2.75, 3.05) is 26.8 Å². The van der Waals surface area contributed by atoms with Crippen LogP contribution in [0.1, 0.15) is 36.4 Å². The van der Waals surface area contributed by atoms with Crippen molar-refractivity contribution in [3.8, 4) is 17.6 Å². The number of amides is 1. The molecule has 2 aromatic rings. The maximum Gasteiger partial charge on any atom is 0.229 e. The summed E-state index contributed by atoms with van der Waals surface area (Å²) in [5.41, 5.74) is 2.74. The molecule has 0 aliphatic carbocycles. The zero-order chi connectivity index (χ0) is 22.0. The summed E-state index contributed by atoms with van der Waals surface area (Å²) < 4.78 is 10.7. The Morgan fingerprint density at radius 2 is 1.87 bits per heavy atom. The van der Waals surface area contributed by atoms with Gasteiger partial charge in [0.05, 0.1) is 43.4 Å². The zero-order valence-corrected chi connectivity index (χ0v) is 18.7. The molecule has 2 aromatic carbocycles. The minimum absolute atomic E-state index is 0.0336. The molecule has 7 heteroatoms. The van der Waals surface area contributed by atoms with Gasteiger partial charge in [-0.25, -0.2) is 0 Å². The first-order valence-electron chi connectivity index (χ1n) is 10.2. The minimum Gasteiger partial charge on any atom is -0.493 e. The van der Waals surface area contributed by atoms with Crippen molar-refractivity contribution in [1.82, 2.24) is 9.80 Å². The molecule has 0 N–H and O–H groups in total. The molecule has 0 bridgehead atoms. The van der Waals surface area contributed by atoms with E-state index in [1.807, 2.05) is 36.4 Å². The van der Waals surface area contributed by atoms with Gasteiger partial charge in [0.2, 0.25) is 5.91 Å². The first-order chi connectivity index (χ1) is 15.1. The number of rotatable bonds is 5. The number of hydrogen-bond acceptors (Lipinski definition) is 6. The third-order valence-electron chi connectivity index (χ3n) is 5.95. The van der Waals surface area contributed by atoms with E-state index in [2.05, 4.69) is 30.0 Å². The molecule has 31 heavy (non-hydrogen) atoms. The van der Waals surface area contributed by atoms with E-state index in [4.69, 9.17) is 9.47 Å². The highest BCUT2D eigenvalue weighted by molar-refractivity contribution is 8.03. The van der Waals surface area contributed by atoms with Crippen molar-refractivity contribution in [3.63, 3.8) is 0 Å². The highest BCUT2D eigenvalue weighted by atomic mass is 32.2. The van der Waals surface area contributed by atoms with Crippen LogP contribution in [0.3, 0.4) is 0 Å². The molecule has 0 spiro atoms. The fourth-order valence-electron chi connectivity index (χ4n) is 4.12. The average Bonchev–Trinajstić information content (AvgIpc) is 2.83. The van der Waals surface area contributed by atoms with Crippen LogP contribution in [-0.4, -0.2) is 42.5 Å². The summed E-state index contributed by atoms with van der Waals surface area (Å²) in [7, 11) is 3.17. The smallest absolute Gasteiger partial charge is 0.229 e. The lowest BCUT2D eigenvalue weighted by molar-refractivity contribution is -0.132. The summed E-state index contributed by atoms with van der Waals surface area (Å²) in [5.74, 6) is 1.69. The monoisotopic (exact) mass is 435 g/mol. The molecule has 1 saturated heterocycles. The largest absolute Gasteiger partial charge is 0.493 e. The maximum absolute atomic E-state index is 13.1. The van der Waals surface area contributed by atoms with Gasteiger partial charge in [0.1, 0.15) is 0 Å². The van der Waals surface area contributed by atoms with Gasteiger partial charge in [0.25, 0.3) is 0 Å². The molecule has 6 nitrogen and oxygen atoms in total. The van der Waals surface area contributed by atoms with Crippen LogP contribution in [0.2, 0.25) is 0 Å². The van der Waals surface area contributed by atoms with Gasteiger partial charge in [-0.2, -0.15) is 5.26 Å². The number of nitriles is 1. The van der Waals surface area contributed by atoms with Crippen LogP contribution in [0.4, 0.5) is 0 Å². The van der Waals surface area contributed by atoms with E-state index in [9.17, 15) is 10.1 Å². The van der Waals surface area contributed by atoms with Gasteiger partial charge in [-0.05, 0) is 30.2 Å². The van der Waals surface area contributed by atoms with Crippen molar-refractivity contribution < 1.29 is 14.3 Å². The van der Waals surface area contributed by atoms with E-state index in [0.717, 1.165) is 16.5 Å². The molecule has 2 heterocycles. The number of allylic oxidation sites excluding steroid dienone is 1. The van der Waals surface area contributed by atoms with Crippen molar-refractivity contribution >= 4 is 17.7 Å². The fraction of sp³-hybridized carbons (Fsp3) is 0.333. The normalized spacial score (nSPS) is 20.1. The Balaban J connectivity index is 1.63. The molecule has 1 fully saturated rings. The number of hydrogen-bond donors (Lipinski definition) is 0. The fourth-order valence-corrected chi connectivity index (χ4v) is 5.37. The number of thioether (sulfide) groups is 1. The number of nitrogens with zero attached hydrogens (tertiary/aromatic N) is 3. The standard InChI is InChI=1S/C24H25N3O3S/c1-16(17-7-5-4-6-8-17)26-14-27-23(28)12-19(20(13-25)24(27)31-15-26)18-9-10-21(29-2)22(11-18)30-3/h4-11,16,19H,12,14-15H2,1-3H3/t16-,19-/m1/s1. The summed E-state index contributed by atoms with van der Waals surface area (Å²) in [6, 6.07) is 18.4. The number of benzene rings is 2. The van der Waals surface area contributed by atoms with Gasteiger partial charge < -0.3 is 9.47 Å². The lowest BCUT2D eigenvalue weighted by Crippen LogP contribution is -2.47. The van der Waals surface area contributed by atoms with E-state index < -0.39 is 0 Å². The molecule has 0 radical (unpaired) electrons. The van der Waals surface area contributed by atoms with Crippen molar-refractivity contribution in [1.29, 1.82) is 5.26 Å². The number of ether oxygens (including phenoxy) is 2. The number of carbonyl (C=O) groups excluding carboxylic acids is 1.